The van der Waals surface area contributed by atoms with Crippen molar-refractivity contribution >= 4 is 33.5 Å². The minimum absolute atomic E-state index is 0.134. The number of halogens is 4. The molecule has 1 heterocycles. The zero-order chi connectivity index (χ0) is 13.6. The Morgan fingerprint density at radius 3 is 2.83 bits per heavy atom. The molecule has 0 aliphatic rings. The van der Waals surface area contributed by atoms with Crippen LogP contribution in [0.4, 0.5) is 19.0 Å². The maximum absolute atomic E-state index is 12.7. The van der Waals surface area contributed by atoms with Gasteiger partial charge in [-0.25, -0.2) is 4.98 Å². The average Bonchev–Trinajstić information content (AvgIpc) is 2.29. The molecule has 0 radical (unpaired) electrons. The third kappa shape index (κ3) is 4.89. The van der Waals surface area contributed by atoms with Crippen LogP contribution in [0.1, 0.15) is 5.56 Å². The Balaban J connectivity index is 2.67. The molecule has 1 N–H and O–H groups in total. The lowest BCUT2D eigenvalue weighted by Gasteiger charge is -2.13. The molecule has 0 amide bonds. The first kappa shape index (κ1) is 15.4. The molecule has 0 aliphatic heterocycles. The largest absolute Gasteiger partial charge is 0.419 e. The van der Waals surface area contributed by atoms with Crippen LogP contribution in [0.2, 0.25) is 0 Å². The Hall–Kier alpha value is -0.690. The fraction of sp³-hybridized carbons (Fsp3) is 0.364. The Morgan fingerprint density at radius 1 is 1.50 bits per heavy atom. The summed E-state index contributed by atoms with van der Waals surface area (Å²) >= 11 is 4.58. The van der Waals surface area contributed by atoms with Crippen LogP contribution in [-0.4, -0.2) is 23.0 Å². The molecule has 0 atom stereocenters. The number of rotatable bonds is 6. The molecule has 0 bridgehead atoms. The van der Waals surface area contributed by atoms with E-state index >= 15 is 0 Å². The van der Waals surface area contributed by atoms with Crippen molar-refractivity contribution in [1.82, 2.24) is 4.98 Å². The Labute approximate surface area is 116 Å². The molecular weight excluding hydrogens is 329 g/mol. The van der Waals surface area contributed by atoms with Crippen LogP contribution in [0.3, 0.4) is 0 Å². The zero-order valence-corrected chi connectivity index (χ0v) is 11.8. The van der Waals surface area contributed by atoms with E-state index in [9.17, 15) is 13.2 Å². The van der Waals surface area contributed by atoms with E-state index in [-0.39, 0.29) is 5.82 Å². The van der Waals surface area contributed by atoms with Gasteiger partial charge in [-0.05, 0) is 22.0 Å². The molecule has 1 rings (SSSR count). The molecule has 0 fully saturated rings. The summed E-state index contributed by atoms with van der Waals surface area (Å²) in [6.45, 7) is 3.99. The van der Waals surface area contributed by atoms with Crippen LogP contribution in [0.5, 0.6) is 0 Å². The van der Waals surface area contributed by atoms with Gasteiger partial charge in [0.1, 0.15) is 5.82 Å². The molecule has 1 aromatic rings. The van der Waals surface area contributed by atoms with E-state index in [1.807, 2.05) is 0 Å². The standard InChI is InChI=1S/C11H12BrF3N2S/c1-2-4-18-5-3-16-10-9(11(13,14)15)6-8(12)7-17-10/h2,6-7H,1,3-5H2,(H,16,17). The highest BCUT2D eigenvalue weighted by molar-refractivity contribution is 9.10. The fourth-order valence-corrected chi connectivity index (χ4v) is 2.12. The molecule has 2 nitrogen and oxygen atoms in total. The van der Waals surface area contributed by atoms with Gasteiger partial charge in [0.15, 0.2) is 0 Å². The van der Waals surface area contributed by atoms with Crippen LogP contribution >= 0.6 is 27.7 Å². The first-order valence-corrected chi connectivity index (χ1v) is 7.05. The van der Waals surface area contributed by atoms with Crippen molar-refractivity contribution in [3.8, 4) is 0 Å². The molecule has 0 unspecified atom stereocenters. The average molecular weight is 341 g/mol. The van der Waals surface area contributed by atoms with Gasteiger partial charge in [-0.3, -0.25) is 0 Å². The van der Waals surface area contributed by atoms with E-state index in [1.165, 1.54) is 6.20 Å². The van der Waals surface area contributed by atoms with E-state index < -0.39 is 11.7 Å². The third-order valence-electron chi connectivity index (χ3n) is 1.93. The van der Waals surface area contributed by atoms with E-state index in [0.717, 1.165) is 11.8 Å². The van der Waals surface area contributed by atoms with E-state index in [4.69, 9.17) is 0 Å². The predicted octanol–water partition coefficient (Wildman–Crippen LogP) is 4.19. The molecule has 0 aliphatic carbocycles. The molecule has 7 heteroatoms. The SMILES string of the molecule is C=CCSCCNc1ncc(Br)cc1C(F)(F)F. The van der Waals surface area contributed by atoms with Crippen molar-refractivity contribution in [3.63, 3.8) is 0 Å². The molecule has 0 aromatic carbocycles. The number of aromatic nitrogens is 1. The second kappa shape index (κ2) is 7.04. The number of pyridine rings is 1. The van der Waals surface area contributed by atoms with Gasteiger partial charge in [0.2, 0.25) is 0 Å². The van der Waals surface area contributed by atoms with Crippen molar-refractivity contribution in [1.29, 1.82) is 0 Å². The van der Waals surface area contributed by atoms with E-state index in [2.05, 4.69) is 32.8 Å². The van der Waals surface area contributed by atoms with Crippen molar-refractivity contribution in [2.24, 2.45) is 0 Å². The molecule has 0 spiro atoms. The number of hydrogen-bond donors (Lipinski definition) is 1. The van der Waals surface area contributed by atoms with Gasteiger partial charge in [-0.15, -0.1) is 6.58 Å². The minimum atomic E-state index is -4.41. The summed E-state index contributed by atoms with van der Waals surface area (Å²) in [6, 6.07) is 1.02. The maximum atomic E-state index is 12.7. The van der Waals surface area contributed by atoms with E-state index in [0.29, 0.717) is 16.8 Å². The second-order valence-corrected chi connectivity index (χ2v) is 5.40. The van der Waals surface area contributed by atoms with Crippen molar-refractivity contribution in [2.45, 2.75) is 6.18 Å². The zero-order valence-electron chi connectivity index (χ0n) is 9.43. The van der Waals surface area contributed by atoms with Crippen molar-refractivity contribution < 1.29 is 13.2 Å². The fourth-order valence-electron chi connectivity index (χ4n) is 1.20. The topological polar surface area (TPSA) is 24.9 Å². The highest BCUT2D eigenvalue weighted by Crippen LogP contribution is 2.35. The van der Waals surface area contributed by atoms with Crippen LogP contribution in [0, 0.1) is 0 Å². The number of hydrogen-bond acceptors (Lipinski definition) is 3. The molecule has 1 aromatic heterocycles. The Bertz CT molecular complexity index is 410. The lowest BCUT2D eigenvalue weighted by atomic mass is 10.2. The van der Waals surface area contributed by atoms with Gasteiger partial charge in [0, 0.05) is 28.7 Å². The van der Waals surface area contributed by atoms with Gasteiger partial charge in [0.05, 0.1) is 5.56 Å². The lowest BCUT2D eigenvalue weighted by Crippen LogP contribution is -2.14. The van der Waals surface area contributed by atoms with Crippen LogP contribution in [-0.2, 0) is 6.18 Å². The summed E-state index contributed by atoms with van der Waals surface area (Å²) in [5.41, 5.74) is -0.759. The van der Waals surface area contributed by atoms with Gasteiger partial charge in [-0.2, -0.15) is 24.9 Å². The lowest BCUT2D eigenvalue weighted by molar-refractivity contribution is -0.137. The number of alkyl halides is 3. The summed E-state index contributed by atoms with van der Waals surface area (Å²) in [7, 11) is 0. The van der Waals surface area contributed by atoms with Crippen molar-refractivity contribution in [2.75, 3.05) is 23.4 Å². The molecular formula is C11H12BrF3N2S. The summed E-state index contributed by atoms with van der Waals surface area (Å²) < 4.78 is 38.5. The monoisotopic (exact) mass is 340 g/mol. The third-order valence-corrected chi connectivity index (χ3v) is 3.33. The first-order valence-electron chi connectivity index (χ1n) is 5.10. The molecule has 0 saturated heterocycles. The second-order valence-electron chi connectivity index (χ2n) is 3.34. The predicted molar refractivity (Wildman–Crippen MR) is 73.0 cm³/mol. The summed E-state index contributed by atoms with van der Waals surface area (Å²) in [5.74, 6) is 1.34. The normalized spacial score (nSPS) is 11.3. The van der Waals surface area contributed by atoms with Gasteiger partial charge in [0.25, 0.3) is 0 Å². The highest BCUT2D eigenvalue weighted by Gasteiger charge is 2.34. The number of thioether (sulfide) groups is 1. The number of nitrogens with one attached hydrogen (secondary N) is 1. The Kier molecular flexibility index (Phi) is 6.01. The van der Waals surface area contributed by atoms with Crippen LogP contribution in [0.25, 0.3) is 0 Å². The Morgan fingerprint density at radius 2 is 2.22 bits per heavy atom. The smallest absolute Gasteiger partial charge is 0.369 e. The first-order chi connectivity index (χ1) is 8.45. The number of anilines is 1. The van der Waals surface area contributed by atoms with Crippen molar-refractivity contribution in [3.05, 3.63) is 35.0 Å². The van der Waals surface area contributed by atoms with Gasteiger partial charge < -0.3 is 5.32 Å². The van der Waals surface area contributed by atoms with Crippen LogP contribution in [0.15, 0.2) is 29.4 Å². The molecule has 0 saturated carbocycles. The summed E-state index contributed by atoms with van der Waals surface area (Å²) in [6.07, 6.45) is -1.31. The maximum Gasteiger partial charge on any atom is 0.419 e. The molecule has 18 heavy (non-hydrogen) atoms. The summed E-state index contributed by atoms with van der Waals surface area (Å²) in [5, 5.41) is 2.70. The van der Waals surface area contributed by atoms with Gasteiger partial charge >= 0.3 is 6.18 Å². The van der Waals surface area contributed by atoms with Gasteiger partial charge in [-0.1, -0.05) is 6.08 Å². The minimum Gasteiger partial charge on any atom is -0.369 e. The highest BCUT2D eigenvalue weighted by atomic mass is 79.9. The van der Waals surface area contributed by atoms with E-state index in [1.54, 1.807) is 17.8 Å². The number of nitrogens with zero attached hydrogens (tertiary/aromatic N) is 1. The quantitative estimate of drug-likeness (QED) is 0.620. The molecule has 100 valence electrons. The summed E-state index contributed by atoms with van der Waals surface area (Å²) in [4.78, 5) is 3.76. The van der Waals surface area contributed by atoms with Crippen LogP contribution < -0.4 is 5.32 Å².